The van der Waals surface area contributed by atoms with Gasteiger partial charge in [-0.25, -0.2) is 0 Å². The van der Waals surface area contributed by atoms with Crippen molar-refractivity contribution in [3.05, 3.63) is 24.0 Å². The fraction of sp³-hybridized carbons (Fsp3) is 0.615. The molecule has 0 atom stereocenters. The predicted molar refractivity (Wildman–Crippen MR) is 68.2 cm³/mol. The van der Waals surface area contributed by atoms with Crippen molar-refractivity contribution in [3.8, 4) is 5.75 Å². The highest BCUT2D eigenvalue weighted by Crippen LogP contribution is 2.18. The van der Waals surface area contributed by atoms with Gasteiger partial charge in [0.1, 0.15) is 5.75 Å². The first-order chi connectivity index (χ1) is 8.09. The minimum absolute atomic E-state index is 0.143. The molecule has 0 aliphatic rings. The highest BCUT2D eigenvalue weighted by atomic mass is 16.5. The van der Waals surface area contributed by atoms with Crippen LogP contribution in [0.25, 0.3) is 0 Å². The summed E-state index contributed by atoms with van der Waals surface area (Å²) in [5.74, 6) is 0.890. The van der Waals surface area contributed by atoms with E-state index in [1.165, 1.54) is 0 Å². The van der Waals surface area contributed by atoms with E-state index in [0.717, 1.165) is 24.3 Å². The Hall–Kier alpha value is -1.13. The number of hydrogen-bond donors (Lipinski definition) is 1. The lowest BCUT2D eigenvalue weighted by atomic mass is 10.1. The average Bonchev–Trinajstić information content (AvgIpc) is 2.31. The third-order valence-electron chi connectivity index (χ3n) is 2.74. The lowest BCUT2D eigenvalue weighted by Gasteiger charge is -2.23. The van der Waals surface area contributed by atoms with Crippen molar-refractivity contribution in [1.82, 2.24) is 10.3 Å². The molecule has 0 saturated heterocycles. The first-order valence-electron chi connectivity index (χ1n) is 5.84. The Bertz CT molecular complexity index is 340. The Morgan fingerprint density at radius 3 is 2.82 bits per heavy atom. The minimum Gasteiger partial charge on any atom is -0.493 e. The summed E-state index contributed by atoms with van der Waals surface area (Å²) < 4.78 is 11.1. The topological polar surface area (TPSA) is 43.4 Å². The quantitative estimate of drug-likeness (QED) is 0.789. The van der Waals surface area contributed by atoms with Crippen molar-refractivity contribution in [3.63, 3.8) is 0 Å². The second kappa shape index (κ2) is 6.57. The van der Waals surface area contributed by atoms with E-state index in [1.807, 2.05) is 19.3 Å². The maximum Gasteiger partial charge on any atom is 0.126 e. The van der Waals surface area contributed by atoms with Crippen molar-refractivity contribution >= 4 is 0 Å². The zero-order valence-corrected chi connectivity index (χ0v) is 11.1. The van der Waals surface area contributed by atoms with E-state index in [9.17, 15) is 0 Å². The minimum atomic E-state index is -0.143. The van der Waals surface area contributed by atoms with Gasteiger partial charge in [-0.05, 0) is 27.0 Å². The van der Waals surface area contributed by atoms with Crippen LogP contribution in [0.2, 0.25) is 0 Å². The standard InChI is InChI=1S/C13H22N2O2/c1-13(2,16-4)6-8-17-12-5-7-15-10-11(12)9-14-3/h5,7,10,14H,6,8-9H2,1-4H3. The lowest BCUT2D eigenvalue weighted by molar-refractivity contribution is 0.00536. The third-order valence-corrected chi connectivity index (χ3v) is 2.74. The number of rotatable bonds is 7. The summed E-state index contributed by atoms with van der Waals surface area (Å²) in [7, 11) is 3.63. The largest absolute Gasteiger partial charge is 0.493 e. The summed E-state index contributed by atoms with van der Waals surface area (Å²) in [5.41, 5.74) is 0.932. The number of nitrogens with one attached hydrogen (secondary N) is 1. The molecule has 0 aliphatic heterocycles. The third kappa shape index (κ3) is 4.71. The zero-order chi connectivity index (χ0) is 12.7. The van der Waals surface area contributed by atoms with E-state index >= 15 is 0 Å². The van der Waals surface area contributed by atoms with Crippen molar-refractivity contribution in [2.75, 3.05) is 20.8 Å². The number of nitrogens with zero attached hydrogens (tertiary/aromatic N) is 1. The van der Waals surface area contributed by atoms with Gasteiger partial charge in [-0.3, -0.25) is 4.98 Å². The first kappa shape index (κ1) is 13.9. The summed E-state index contributed by atoms with van der Waals surface area (Å²) in [4.78, 5) is 4.09. The van der Waals surface area contributed by atoms with Crippen LogP contribution in [0.5, 0.6) is 5.75 Å². The van der Waals surface area contributed by atoms with Gasteiger partial charge in [0, 0.05) is 38.0 Å². The van der Waals surface area contributed by atoms with E-state index < -0.39 is 0 Å². The molecule has 0 saturated carbocycles. The normalized spacial score (nSPS) is 11.5. The molecule has 0 bridgehead atoms. The zero-order valence-electron chi connectivity index (χ0n) is 11.1. The molecule has 1 rings (SSSR count). The molecule has 1 aromatic heterocycles. The second-order valence-electron chi connectivity index (χ2n) is 4.58. The van der Waals surface area contributed by atoms with Gasteiger partial charge in [0.25, 0.3) is 0 Å². The smallest absolute Gasteiger partial charge is 0.126 e. The predicted octanol–water partition coefficient (Wildman–Crippen LogP) is 1.99. The maximum absolute atomic E-state index is 5.77. The fourth-order valence-electron chi connectivity index (χ4n) is 1.39. The number of aromatic nitrogens is 1. The van der Waals surface area contributed by atoms with Gasteiger partial charge in [-0.15, -0.1) is 0 Å². The van der Waals surface area contributed by atoms with Crippen LogP contribution in [0.3, 0.4) is 0 Å². The van der Waals surface area contributed by atoms with Crippen LogP contribution in [0.15, 0.2) is 18.5 Å². The fourth-order valence-corrected chi connectivity index (χ4v) is 1.39. The summed E-state index contributed by atoms with van der Waals surface area (Å²) in [6.45, 7) is 5.51. The van der Waals surface area contributed by atoms with Gasteiger partial charge in [-0.1, -0.05) is 0 Å². The molecule has 0 unspecified atom stereocenters. The van der Waals surface area contributed by atoms with Crippen LogP contribution in [-0.4, -0.2) is 31.3 Å². The number of methoxy groups -OCH3 is 1. The molecule has 0 fully saturated rings. The maximum atomic E-state index is 5.77. The molecule has 0 aromatic carbocycles. The number of ether oxygens (including phenoxy) is 2. The van der Waals surface area contributed by atoms with Gasteiger partial charge in [0.2, 0.25) is 0 Å². The second-order valence-corrected chi connectivity index (χ2v) is 4.58. The van der Waals surface area contributed by atoms with Crippen molar-refractivity contribution < 1.29 is 9.47 Å². The first-order valence-corrected chi connectivity index (χ1v) is 5.84. The van der Waals surface area contributed by atoms with Crippen LogP contribution < -0.4 is 10.1 Å². The summed E-state index contributed by atoms with van der Waals surface area (Å²) in [6.07, 6.45) is 4.42. The van der Waals surface area contributed by atoms with Crippen LogP contribution in [0.1, 0.15) is 25.8 Å². The number of pyridine rings is 1. The molecular weight excluding hydrogens is 216 g/mol. The van der Waals surface area contributed by atoms with Crippen molar-refractivity contribution in [2.24, 2.45) is 0 Å². The molecule has 4 nitrogen and oxygen atoms in total. The van der Waals surface area contributed by atoms with E-state index in [4.69, 9.17) is 9.47 Å². The van der Waals surface area contributed by atoms with E-state index in [2.05, 4.69) is 24.1 Å². The lowest BCUT2D eigenvalue weighted by Crippen LogP contribution is -2.25. The molecule has 0 aliphatic carbocycles. The van der Waals surface area contributed by atoms with Crippen LogP contribution in [-0.2, 0) is 11.3 Å². The molecule has 17 heavy (non-hydrogen) atoms. The molecule has 96 valence electrons. The van der Waals surface area contributed by atoms with Crippen molar-refractivity contribution in [2.45, 2.75) is 32.4 Å². The molecule has 0 amide bonds. The highest BCUT2D eigenvalue weighted by Gasteiger charge is 2.16. The van der Waals surface area contributed by atoms with Crippen LogP contribution in [0.4, 0.5) is 0 Å². The molecule has 0 spiro atoms. The van der Waals surface area contributed by atoms with Gasteiger partial charge in [0.05, 0.1) is 12.2 Å². The Balaban J connectivity index is 2.51. The van der Waals surface area contributed by atoms with Crippen molar-refractivity contribution in [1.29, 1.82) is 0 Å². The molecule has 1 aromatic rings. The highest BCUT2D eigenvalue weighted by molar-refractivity contribution is 5.29. The summed E-state index contributed by atoms with van der Waals surface area (Å²) in [6, 6.07) is 1.90. The van der Waals surface area contributed by atoms with Gasteiger partial charge in [-0.2, -0.15) is 0 Å². The molecule has 4 heteroatoms. The summed E-state index contributed by atoms with van der Waals surface area (Å²) in [5, 5.41) is 3.10. The SMILES string of the molecule is CNCc1cnccc1OCCC(C)(C)OC. The van der Waals surface area contributed by atoms with E-state index in [1.54, 1.807) is 13.3 Å². The monoisotopic (exact) mass is 238 g/mol. The van der Waals surface area contributed by atoms with Gasteiger partial charge >= 0.3 is 0 Å². The number of hydrogen-bond acceptors (Lipinski definition) is 4. The Morgan fingerprint density at radius 2 is 2.18 bits per heavy atom. The van der Waals surface area contributed by atoms with Crippen LogP contribution >= 0.6 is 0 Å². The molecule has 1 N–H and O–H groups in total. The van der Waals surface area contributed by atoms with Crippen LogP contribution in [0, 0.1) is 0 Å². The Labute approximate surface area is 103 Å². The van der Waals surface area contributed by atoms with Gasteiger partial charge < -0.3 is 14.8 Å². The molecular formula is C13H22N2O2. The molecule has 1 heterocycles. The summed E-state index contributed by atoms with van der Waals surface area (Å²) >= 11 is 0. The van der Waals surface area contributed by atoms with E-state index in [-0.39, 0.29) is 5.60 Å². The van der Waals surface area contributed by atoms with Gasteiger partial charge in [0.15, 0.2) is 0 Å². The molecule has 0 radical (unpaired) electrons. The average molecular weight is 238 g/mol. The van der Waals surface area contributed by atoms with E-state index in [0.29, 0.717) is 6.61 Å². The Kier molecular flexibility index (Phi) is 5.38. The Morgan fingerprint density at radius 1 is 1.41 bits per heavy atom.